The average molecular weight is 439 g/mol. The second-order valence-corrected chi connectivity index (χ2v) is 8.33. The van der Waals surface area contributed by atoms with Gasteiger partial charge in [0.2, 0.25) is 5.91 Å². The lowest BCUT2D eigenvalue weighted by Crippen LogP contribution is -2.48. The molecule has 0 aliphatic carbocycles. The molecule has 1 amide bonds. The molecule has 168 valence electrons. The summed E-state index contributed by atoms with van der Waals surface area (Å²) in [6.07, 6.45) is 1.84. The van der Waals surface area contributed by atoms with E-state index in [0.29, 0.717) is 35.1 Å². The van der Waals surface area contributed by atoms with Crippen LogP contribution in [-0.4, -0.2) is 58.3 Å². The Morgan fingerprint density at radius 2 is 1.91 bits per heavy atom. The number of amides is 1. The first-order chi connectivity index (χ1) is 15.4. The molecule has 2 aromatic carbocycles. The van der Waals surface area contributed by atoms with Gasteiger partial charge in [0.15, 0.2) is 0 Å². The van der Waals surface area contributed by atoms with Crippen molar-refractivity contribution in [1.29, 1.82) is 0 Å². The number of piperazine rings is 1. The van der Waals surface area contributed by atoms with Gasteiger partial charge in [-0.3, -0.25) is 14.9 Å². The third-order valence-electron chi connectivity index (χ3n) is 6.36. The number of carbonyl (C=O) groups is 1. The van der Waals surface area contributed by atoms with Gasteiger partial charge in [0.05, 0.1) is 4.92 Å². The molecule has 1 aromatic heterocycles. The molecule has 1 aliphatic heterocycles. The van der Waals surface area contributed by atoms with Crippen LogP contribution < -0.4 is 0 Å². The van der Waals surface area contributed by atoms with Crippen molar-refractivity contribution in [3.63, 3.8) is 0 Å². The Hall–Kier alpha value is -3.26. The zero-order valence-electron chi connectivity index (χ0n) is 18.3. The van der Waals surface area contributed by atoms with E-state index in [1.165, 1.54) is 18.2 Å². The molecule has 1 saturated heterocycles. The first-order valence-corrected chi connectivity index (χ1v) is 10.9. The quantitative estimate of drug-likeness (QED) is 0.462. The van der Waals surface area contributed by atoms with Gasteiger partial charge in [-0.1, -0.05) is 24.6 Å². The number of aromatic amines is 1. The van der Waals surface area contributed by atoms with Gasteiger partial charge in [-0.05, 0) is 36.7 Å². The highest BCUT2D eigenvalue weighted by atomic mass is 19.1. The van der Waals surface area contributed by atoms with Crippen molar-refractivity contribution in [2.75, 3.05) is 32.7 Å². The van der Waals surface area contributed by atoms with Crippen LogP contribution in [0.1, 0.15) is 36.0 Å². The summed E-state index contributed by atoms with van der Waals surface area (Å²) >= 11 is 0. The number of carbonyl (C=O) groups excluding carboxylic acids is 1. The number of rotatable bonds is 6. The molecule has 1 N–H and O–H groups in total. The van der Waals surface area contributed by atoms with Gasteiger partial charge in [0, 0.05) is 67.8 Å². The lowest BCUT2D eigenvalue weighted by atomic mass is 9.86. The Morgan fingerprint density at radius 3 is 2.59 bits per heavy atom. The van der Waals surface area contributed by atoms with E-state index in [1.54, 1.807) is 24.4 Å². The van der Waals surface area contributed by atoms with E-state index in [1.807, 2.05) is 11.8 Å². The van der Waals surface area contributed by atoms with Crippen LogP contribution in [0.2, 0.25) is 0 Å². The number of aromatic nitrogens is 1. The maximum Gasteiger partial charge on any atom is 0.270 e. The number of nitrogens with one attached hydrogen (secondary N) is 1. The molecule has 1 unspecified atom stereocenters. The first-order valence-electron chi connectivity index (χ1n) is 10.9. The van der Waals surface area contributed by atoms with E-state index in [9.17, 15) is 19.3 Å². The summed E-state index contributed by atoms with van der Waals surface area (Å²) in [6.45, 7) is 7.88. The topological polar surface area (TPSA) is 82.5 Å². The van der Waals surface area contributed by atoms with Crippen LogP contribution in [-0.2, 0) is 4.79 Å². The Balaban J connectivity index is 1.73. The molecule has 32 heavy (non-hydrogen) atoms. The number of likely N-dealkylation sites (N-methyl/N-ethyl adjacent to an activating group) is 1. The molecule has 0 radical (unpaired) electrons. The lowest BCUT2D eigenvalue weighted by molar-refractivity contribution is -0.384. The molecule has 8 heteroatoms. The molecular weight excluding hydrogens is 411 g/mol. The highest BCUT2D eigenvalue weighted by Crippen LogP contribution is 2.37. The van der Waals surface area contributed by atoms with Crippen LogP contribution in [0.15, 0.2) is 42.6 Å². The molecule has 7 nitrogen and oxygen atoms in total. The molecular formula is C24H27FN4O3. The van der Waals surface area contributed by atoms with Gasteiger partial charge in [-0.15, -0.1) is 0 Å². The molecule has 2 heterocycles. The van der Waals surface area contributed by atoms with E-state index < -0.39 is 10.8 Å². The molecule has 1 aliphatic rings. The third kappa shape index (κ3) is 4.36. The van der Waals surface area contributed by atoms with Crippen molar-refractivity contribution in [3.8, 4) is 0 Å². The lowest BCUT2D eigenvalue weighted by Gasteiger charge is -2.35. The minimum atomic E-state index is -0.553. The maximum atomic E-state index is 15.0. The van der Waals surface area contributed by atoms with E-state index in [2.05, 4.69) is 16.8 Å². The number of benzene rings is 2. The molecule has 0 spiro atoms. The summed E-state index contributed by atoms with van der Waals surface area (Å²) in [7, 11) is 0. The number of non-ortho nitro benzene ring substituents is 1. The fourth-order valence-electron chi connectivity index (χ4n) is 4.47. The van der Waals surface area contributed by atoms with Gasteiger partial charge in [0.1, 0.15) is 5.82 Å². The van der Waals surface area contributed by atoms with Crippen molar-refractivity contribution < 1.29 is 14.1 Å². The standard InChI is InChI=1S/C24H27FN4O3/c1-3-27-8-10-28(11-9-27)24(30)14-18(19-12-16(2)4-6-22(19)25)21-15-26-23-7-5-17(29(31)32)13-20(21)23/h4-7,12-13,15,18,26H,3,8-11,14H2,1-2H3. The predicted molar refractivity (Wildman–Crippen MR) is 121 cm³/mol. The molecule has 0 saturated carbocycles. The highest BCUT2D eigenvalue weighted by molar-refractivity contribution is 5.87. The summed E-state index contributed by atoms with van der Waals surface area (Å²) in [5, 5.41) is 12.0. The fourth-order valence-corrected chi connectivity index (χ4v) is 4.47. The highest BCUT2D eigenvalue weighted by Gasteiger charge is 2.28. The number of aryl methyl sites for hydroxylation is 1. The summed E-state index contributed by atoms with van der Waals surface area (Å²) in [6, 6.07) is 9.45. The van der Waals surface area contributed by atoms with Crippen LogP contribution in [0.25, 0.3) is 10.9 Å². The SMILES string of the molecule is CCN1CCN(C(=O)CC(c2cc(C)ccc2F)c2c[nH]c3ccc([N+](=O)[O-])cc23)CC1. The molecule has 0 bridgehead atoms. The Bertz CT molecular complexity index is 1150. The van der Waals surface area contributed by atoms with Crippen LogP contribution in [0.3, 0.4) is 0 Å². The van der Waals surface area contributed by atoms with Crippen LogP contribution in [0, 0.1) is 22.9 Å². The zero-order chi connectivity index (χ0) is 22.8. The van der Waals surface area contributed by atoms with Crippen molar-refractivity contribution >= 4 is 22.5 Å². The van der Waals surface area contributed by atoms with Crippen LogP contribution in [0.4, 0.5) is 10.1 Å². The summed E-state index contributed by atoms with van der Waals surface area (Å²) in [4.78, 5) is 31.4. The Kier molecular flexibility index (Phi) is 6.23. The van der Waals surface area contributed by atoms with Gasteiger partial charge >= 0.3 is 0 Å². The van der Waals surface area contributed by atoms with E-state index in [4.69, 9.17) is 0 Å². The van der Waals surface area contributed by atoms with Crippen molar-refractivity contribution in [2.45, 2.75) is 26.2 Å². The summed E-state index contributed by atoms with van der Waals surface area (Å²) in [5.41, 5.74) is 2.68. The fraction of sp³-hybridized carbons (Fsp3) is 0.375. The predicted octanol–water partition coefficient (Wildman–Crippen LogP) is 4.21. The monoisotopic (exact) mass is 438 g/mol. The van der Waals surface area contributed by atoms with E-state index >= 15 is 0 Å². The molecule has 4 rings (SSSR count). The number of hydrogen-bond acceptors (Lipinski definition) is 4. The number of halogens is 1. The maximum absolute atomic E-state index is 15.0. The largest absolute Gasteiger partial charge is 0.361 e. The van der Waals surface area contributed by atoms with Crippen LogP contribution >= 0.6 is 0 Å². The number of hydrogen-bond donors (Lipinski definition) is 1. The number of nitro benzene ring substituents is 1. The zero-order valence-corrected chi connectivity index (χ0v) is 18.3. The van der Waals surface area contributed by atoms with Crippen molar-refractivity contribution in [3.05, 3.63) is 75.2 Å². The second kappa shape index (κ2) is 9.08. The van der Waals surface area contributed by atoms with Gasteiger partial charge in [0.25, 0.3) is 5.69 Å². The minimum Gasteiger partial charge on any atom is -0.361 e. The second-order valence-electron chi connectivity index (χ2n) is 8.33. The smallest absolute Gasteiger partial charge is 0.270 e. The van der Waals surface area contributed by atoms with Crippen molar-refractivity contribution in [2.24, 2.45) is 0 Å². The average Bonchev–Trinajstić information content (AvgIpc) is 3.22. The third-order valence-corrected chi connectivity index (χ3v) is 6.36. The molecule has 1 atom stereocenters. The van der Waals surface area contributed by atoms with Gasteiger partial charge in [-0.2, -0.15) is 0 Å². The Labute approximate surface area is 186 Å². The molecule has 1 fully saturated rings. The van der Waals surface area contributed by atoms with Crippen LogP contribution in [0.5, 0.6) is 0 Å². The number of nitrogens with zero attached hydrogens (tertiary/aromatic N) is 3. The van der Waals surface area contributed by atoms with Gasteiger partial charge in [-0.25, -0.2) is 4.39 Å². The van der Waals surface area contributed by atoms with Crippen molar-refractivity contribution in [1.82, 2.24) is 14.8 Å². The van der Waals surface area contributed by atoms with E-state index in [0.717, 1.165) is 25.2 Å². The summed E-state index contributed by atoms with van der Waals surface area (Å²) in [5.74, 6) is -0.974. The number of nitro groups is 1. The van der Waals surface area contributed by atoms with Gasteiger partial charge < -0.3 is 14.8 Å². The van der Waals surface area contributed by atoms with E-state index in [-0.39, 0.29) is 23.8 Å². The Morgan fingerprint density at radius 1 is 1.16 bits per heavy atom. The number of H-pyrrole nitrogens is 1. The first kappa shape index (κ1) is 22.0. The molecule has 3 aromatic rings. The number of fused-ring (bicyclic) bond motifs is 1. The summed E-state index contributed by atoms with van der Waals surface area (Å²) < 4.78 is 15.0. The normalized spacial score (nSPS) is 15.8. The minimum absolute atomic E-state index is 0.0357.